The molecule has 1 aromatic rings. The second-order valence-electron chi connectivity index (χ2n) is 3.75. The zero-order valence-corrected chi connectivity index (χ0v) is 11.8. The van der Waals surface area contributed by atoms with Gasteiger partial charge in [-0.05, 0) is 18.6 Å². The van der Waals surface area contributed by atoms with Gasteiger partial charge >= 0.3 is 11.5 Å². The molecule has 0 radical (unpaired) electrons. The molecule has 0 aliphatic rings. The summed E-state index contributed by atoms with van der Waals surface area (Å²) < 4.78 is 60.5. The molecule has 0 saturated carbocycles. The van der Waals surface area contributed by atoms with Crippen LogP contribution in [0.15, 0.2) is 34.1 Å². The van der Waals surface area contributed by atoms with Crippen molar-refractivity contribution in [1.82, 2.24) is 0 Å². The van der Waals surface area contributed by atoms with E-state index in [9.17, 15) is 26.4 Å². The quantitative estimate of drug-likeness (QED) is 0.842. The predicted molar refractivity (Wildman–Crippen MR) is 67.3 cm³/mol. The van der Waals surface area contributed by atoms with Crippen LogP contribution in [-0.4, -0.2) is 30.3 Å². The Balaban J connectivity index is 3.29. The number of hydrogen-bond donors (Lipinski definition) is 1. The fourth-order valence-corrected chi connectivity index (χ4v) is 3.58. The molecule has 1 unspecified atom stereocenters. The van der Waals surface area contributed by atoms with Crippen molar-refractivity contribution >= 4 is 27.6 Å². The Morgan fingerprint density at radius 3 is 2.35 bits per heavy atom. The summed E-state index contributed by atoms with van der Waals surface area (Å²) in [7, 11) is -5.50. The first-order chi connectivity index (χ1) is 9.11. The van der Waals surface area contributed by atoms with E-state index in [1.165, 1.54) is 6.07 Å². The molecule has 112 valence electrons. The Morgan fingerprint density at radius 2 is 1.90 bits per heavy atom. The predicted octanol–water partition coefficient (Wildman–Crippen LogP) is 2.94. The number of carboxylic acids is 1. The highest BCUT2D eigenvalue weighted by atomic mass is 32.2. The van der Waals surface area contributed by atoms with E-state index in [-0.39, 0.29) is 11.3 Å². The summed E-state index contributed by atoms with van der Waals surface area (Å²) >= 11 is 0.588. The molecule has 1 rings (SSSR count). The Morgan fingerprint density at radius 1 is 1.35 bits per heavy atom. The van der Waals surface area contributed by atoms with Crippen LogP contribution in [0.2, 0.25) is 0 Å². The first-order valence-corrected chi connectivity index (χ1v) is 7.77. The third-order valence-electron chi connectivity index (χ3n) is 2.36. The molecule has 0 heterocycles. The van der Waals surface area contributed by atoms with Crippen LogP contribution < -0.4 is 0 Å². The number of carbonyl (C=O) groups is 1. The SMILES string of the molecule is CCC(Sc1ccccc1S(=O)(=O)C(F)(F)F)C(=O)O. The molecular formula is C11H11F3O4S2. The van der Waals surface area contributed by atoms with Crippen molar-refractivity contribution < 1.29 is 31.5 Å². The number of sulfone groups is 1. The third-order valence-corrected chi connectivity index (χ3v) is 5.46. The summed E-state index contributed by atoms with van der Waals surface area (Å²) in [5.74, 6) is -1.21. The van der Waals surface area contributed by atoms with Crippen molar-refractivity contribution in [1.29, 1.82) is 0 Å². The number of aliphatic carboxylic acids is 1. The monoisotopic (exact) mass is 328 g/mol. The van der Waals surface area contributed by atoms with E-state index in [0.29, 0.717) is 11.8 Å². The molecule has 0 amide bonds. The Hall–Kier alpha value is -1.22. The highest BCUT2D eigenvalue weighted by Gasteiger charge is 2.48. The molecule has 0 spiro atoms. The molecule has 1 atom stereocenters. The van der Waals surface area contributed by atoms with Crippen LogP contribution in [0.4, 0.5) is 13.2 Å². The lowest BCUT2D eigenvalue weighted by Crippen LogP contribution is -2.24. The minimum Gasteiger partial charge on any atom is -0.480 e. The molecule has 9 heteroatoms. The molecule has 0 aromatic heterocycles. The Labute approximate surface area is 117 Å². The van der Waals surface area contributed by atoms with Gasteiger partial charge in [0.2, 0.25) is 0 Å². The molecule has 0 aliphatic carbocycles. The number of carboxylic acid groups (broad SMARTS) is 1. The van der Waals surface area contributed by atoms with Crippen LogP contribution in [0.5, 0.6) is 0 Å². The van der Waals surface area contributed by atoms with Crippen molar-refractivity contribution in [2.45, 2.75) is 33.9 Å². The van der Waals surface area contributed by atoms with E-state index >= 15 is 0 Å². The maximum atomic E-state index is 12.6. The van der Waals surface area contributed by atoms with Gasteiger partial charge in [0.1, 0.15) is 5.25 Å². The van der Waals surface area contributed by atoms with E-state index in [0.717, 1.165) is 18.2 Å². The smallest absolute Gasteiger partial charge is 0.480 e. The van der Waals surface area contributed by atoms with Gasteiger partial charge in [0.05, 0.1) is 4.90 Å². The molecule has 1 N–H and O–H groups in total. The summed E-state index contributed by atoms with van der Waals surface area (Å²) in [4.78, 5) is 9.76. The summed E-state index contributed by atoms with van der Waals surface area (Å²) in [6.07, 6.45) is 0.153. The molecule has 0 bridgehead atoms. The van der Waals surface area contributed by atoms with Crippen molar-refractivity contribution in [2.75, 3.05) is 0 Å². The number of halogens is 3. The van der Waals surface area contributed by atoms with E-state index in [1.54, 1.807) is 6.92 Å². The van der Waals surface area contributed by atoms with Gasteiger partial charge in [-0.3, -0.25) is 4.79 Å². The number of benzene rings is 1. The lowest BCUT2D eigenvalue weighted by Gasteiger charge is -2.14. The summed E-state index contributed by atoms with van der Waals surface area (Å²) in [6.45, 7) is 1.55. The second kappa shape index (κ2) is 6.04. The molecule has 1 aromatic carbocycles. The molecule has 20 heavy (non-hydrogen) atoms. The zero-order valence-electron chi connectivity index (χ0n) is 10.2. The van der Waals surface area contributed by atoms with Gasteiger partial charge in [0.15, 0.2) is 0 Å². The zero-order chi connectivity index (χ0) is 15.6. The van der Waals surface area contributed by atoms with Crippen LogP contribution in [0.3, 0.4) is 0 Å². The van der Waals surface area contributed by atoms with Gasteiger partial charge in [-0.15, -0.1) is 11.8 Å². The average molecular weight is 328 g/mol. The van der Waals surface area contributed by atoms with Gasteiger partial charge in [-0.1, -0.05) is 19.1 Å². The highest BCUT2D eigenvalue weighted by molar-refractivity contribution is 8.01. The van der Waals surface area contributed by atoms with Crippen molar-refractivity contribution in [3.8, 4) is 0 Å². The average Bonchev–Trinajstić information content (AvgIpc) is 2.34. The van der Waals surface area contributed by atoms with Gasteiger partial charge in [0, 0.05) is 4.90 Å². The molecular weight excluding hydrogens is 317 g/mol. The van der Waals surface area contributed by atoms with Gasteiger partial charge in [-0.2, -0.15) is 13.2 Å². The molecule has 4 nitrogen and oxygen atoms in total. The van der Waals surface area contributed by atoms with Crippen LogP contribution in [-0.2, 0) is 14.6 Å². The largest absolute Gasteiger partial charge is 0.501 e. The summed E-state index contributed by atoms with van der Waals surface area (Å²) in [5.41, 5.74) is -5.42. The molecule has 0 fully saturated rings. The summed E-state index contributed by atoms with van der Waals surface area (Å²) in [6, 6.07) is 4.49. The second-order valence-corrected chi connectivity index (χ2v) is 6.90. The number of thioether (sulfide) groups is 1. The van der Waals surface area contributed by atoms with E-state index in [1.807, 2.05) is 0 Å². The normalized spacial score (nSPS) is 14.0. The van der Waals surface area contributed by atoms with Crippen LogP contribution in [0.1, 0.15) is 13.3 Å². The van der Waals surface area contributed by atoms with Crippen molar-refractivity contribution in [3.63, 3.8) is 0 Å². The summed E-state index contributed by atoms with van der Waals surface area (Å²) in [5, 5.41) is 7.88. The maximum absolute atomic E-state index is 12.6. The maximum Gasteiger partial charge on any atom is 0.501 e. The number of hydrogen-bond acceptors (Lipinski definition) is 4. The molecule has 0 saturated heterocycles. The van der Waals surface area contributed by atoms with E-state index in [4.69, 9.17) is 5.11 Å². The fourth-order valence-electron chi connectivity index (χ4n) is 1.36. The van der Waals surface area contributed by atoms with Crippen LogP contribution in [0, 0.1) is 0 Å². The highest BCUT2D eigenvalue weighted by Crippen LogP contribution is 2.37. The third kappa shape index (κ3) is 3.45. The topological polar surface area (TPSA) is 71.4 Å². The lowest BCUT2D eigenvalue weighted by molar-refractivity contribution is -0.136. The Bertz CT molecular complexity index is 596. The van der Waals surface area contributed by atoms with Gasteiger partial charge in [0.25, 0.3) is 9.84 Å². The number of rotatable bonds is 5. The molecule has 0 aliphatic heterocycles. The number of alkyl halides is 3. The Kier molecular flexibility index (Phi) is 5.09. The minimum absolute atomic E-state index is 0.153. The van der Waals surface area contributed by atoms with Crippen LogP contribution in [0.25, 0.3) is 0 Å². The first-order valence-electron chi connectivity index (χ1n) is 5.41. The van der Waals surface area contributed by atoms with Gasteiger partial charge in [-0.25, -0.2) is 8.42 Å². The van der Waals surface area contributed by atoms with Gasteiger partial charge < -0.3 is 5.11 Å². The first kappa shape index (κ1) is 16.8. The lowest BCUT2D eigenvalue weighted by atomic mass is 10.3. The van der Waals surface area contributed by atoms with Crippen molar-refractivity contribution in [2.24, 2.45) is 0 Å². The van der Waals surface area contributed by atoms with Crippen LogP contribution >= 0.6 is 11.8 Å². The van der Waals surface area contributed by atoms with E-state index < -0.39 is 31.5 Å². The minimum atomic E-state index is -5.50. The van der Waals surface area contributed by atoms with Crippen molar-refractivity contribution in [3.05, 3.63) is 24.3 Å². The fraction of sp³-hybridized carbons (Fsp3) is 0.364. The standard InChI is InChI=1S/C11H11F3O4S2/c1-2-7(10(15)16)19-8-5-3-4-6-9(8)20(17,18)11(12,13)14/h3-7H,2H2,1H3,(H,15,16). The van der Waals surface area contributed by atoms with E-state index in [2.05, 4.69) is 0 Å².